The maximum absolute atomic E-state index is 6.01. The highest BCUT2D eigenvalue weighted by Crippen LogP contribution is 2.29. The Morgan fingerprint density at radius 3 is 2.48 bits per heavy atom. The lowest BCUT2D eigenvalue weighted by atomic mass is 9.98. The van der Waals surface area contributed by atoms with Gasteiger partial charge in [0.25, 0.3) is 0 Å². The van der Waals surface area contributed by atoms with E-state index in [1.807, 2.05) is 12.1 Å². The number of nitrogens with two attached hydrogens (primary N) is 1. The van der Waals surface area contributed by atoms with Gasteiger partial charge in [0.15, 0.2) is 0 Å². The Labute approximate surface area is 154 Å². The van der Waals surface area contributed by atoms with Crippen molar-refractivity contribution in [1.82, 2.24) is 9.80 Å². The number of halogens is 1. The van der Waals surface area contributed by atoms with E-state index in [0.29, 0.717) is 24.3 Å². The van der Waals surface area contributed by atoms with Gasteiger partial charge in [-0.05, 0) is 56.3 Å². The molecule has 1 aromatic carbocycles. The third-order valence-corrected chi connectivity index (χ3v) is 5.99. The molecule has 4 rings (SSSR count). The molecule has 0 aromatic heterocycles. The van der Waals surface area contributed by atoms with Gasteiger partial charge in [0.1, 0.15) is 11.7 Å². The zero-order chi connectivity index (χ0) is 17.2. The molecule has 0 bridgehead atoms. The van der Waals surface area contributed by atoms with Gasteiger partial charge >= 0.3 is 0 Å². The molecular weight excluding hydrogens is 334 g/mol. The molecular formula is C19H26ClN5. The molecule has 134 valence electrons. The molecule has 0 unspecified atom stereocenters. The molecule has 5 nitrogen and oxygen atoms in total. The van der Waals surface area contributed by atoms with Gasteiger partial charge < -0.3 is 10.6 Å². The molecule has 1 aromatic rings. The van der Waals surface area contributed by atoms with Crippen LogP contribution in [0.5, 0.6) is 0 Å². The van der Waals surface area contributed by atoms with Crippen LogP contribution in [0.25, 0.3) is 0 Å². The highest BCUT2D eigenvalue weighted by atomic mass is 35.5. The van der Waals surface area contributed by atoms with Crippen molar-refractivity contribution in [3.05, 3.63) is 34.9 Å². The fourth-order valence-electron chi connectivity index (χ4n) is 4.44. The van der Waals surface area contributed by atoms with Crippen molar-refractivity contribution in [2.75, 3.05) is 19.6 Å². The summed E-state index contributed by atoms with van der Waals surface area (Å²) in [5.41, 5.74) is 7.15. The monoisotopic (exact) mass is 359 g/mol. The smallest absolute Gasteiger partial charge is 0.135 e. The fraction of sp³-hybridized carbons (Fsp3) is 0.579. The lowest BCUT2D eigenvalue weighted by molar-refractivity contribution is 0.123. The van der Waals surface area contributed by atoms with Crippen molar-refractivity contribution in [2.45, 2.75) is 50.6 Å². The van der Waals surface area contributed by atoms with E-state index in [2.05, 4.69) is 32.1 Å². The number of amidine groups is 2. The Morgan fingerprint density at radius 2 is 1.80 bits per heavy atom. The Balaban J connectivity index is 1.33. The van der Waals surface area contributed by atoms with Crippen LogP contribution in [0.3, 0.4) is 0 Å². The summed E-state index contributed by atoms with van der Waals surface area (Å²) in [6.07, 6.45) is 6.88. The number of nitrogens with zero attached hydrogens (tertiary/aromatic N) is 4. The summed E-state index contributed by atoms with van der Waals surface area (Å²) in [7, 11) is 0. The first-order valence-electron chi connectivity index (χ1n) is 9.33. The summed E-state index contributed by atoms with van der Waals surface area (Å²) in [6.45, 7) is 3.37. The van der Waals surface area contributed by atoms with E-state index in [4.69, 9.17) is 17.3 Å². The molecule has 0 aliphatic carbocycles. The quantitative estimate of drug-likeness (QED) is 0.902. The van der Waals surface area contributed by atoms with Crippen LogP contribution in [0.4, 0.5) is 0 Å². The van der Waals surface area contributed by atoms with E-state index in [1.54, 1.807) is 0 Å². The Morgan fingerprint density at radius 1 is 1.04 bits per heavy atom. The maximum atomic E-state index is 6.01. The average molecular weight is 360 g/mol. The average Bonchev–Trinajstić information content (AvgIpc) is 3.26. The first-order chi connectivity index (χ1) is 12.2. The molecule has 2 N–H and O–H groups in total. The molecule has 3 heterocycles. The third-order valence-electron chi connectivity index (χ3n) is 5.74. The zero-order valence-corrected chi connectivity index (χ0v) is 15.3. The minimum atomic E-state index is 0.639. The van der Waals surface area contributed by atoms with Gasteiger partial charge in [0.2, 0.25) is 0 Å². The van der Waals surface area contributed by atoms with Crippen LogP contribution in [0, 0.1) is 0 Å². The molecule has 3 aliphatic heterocycles. The van der Waals surface area contributed by atoms with E-state index in [0.717, 1.165) is 30.4 Å². The Kier molecular flexibility index (Phi) is 4.95. The van der Waals surface area contributed by atoms with Crippen LogP contribution in [0.1, 0.15) is 37.7 Å². The second kappa shape index (κ2) is 7.34. The summed E-state index contributed by atoms with van der Waals surface area (Å²) in [5.74, 6) is 1.69. The van der Waals surface area contributed by atoms with Gasteiger partial charge in [-0.15, -0.1) is 10.2 Å². The topological polar surface area (TPSA) is 57.2 Å². The first-order valence-corrected chi connectivity index (χ1v) is 9.71. The van der Waals surface area contributed by atoms with Gasteiger partial charge in [0, 0.05) is 30.2 Å². The minimum Gasteiger partial charge on any atom is -0.385 e. The van der Waals surface area contributed by atoms with E-state index in [9.17, 15) is 0 Å². The highest BCUT2D eigenvalue weighted by molar-refractivity contribution is 6.30. The number of benzene rings is 1. The van der Waals surface area contributed by atoms with E-state index in [-0.39, 0.29) is 0 Å². The lowest BCUT2D eigenvalue weighted by Gasteiger charge is -2.40. The van der Waals surface area contributed by atoms with Crippen molar-refractivity contribution < 1.29 is 0 Å². The van der Waals surface area contributed by atoms with Crippen molar-refractivity contribution in [2.24, 2.45) is 15.9 Å². The summed E-state index contributed by atoms with van der Waals surface area (Å²) in [4.78, 5) is 5.12. The molecule has 0 saturated carbocycles. The number of piperidine rings is 1. The summed E-state index contributed by atoms with van der Waals surface area (Å²) >= 11 is 6.01. The molecule has 0 amide bonds. The zero-order valence-electron chi connectivity index (χ0n) is 14.6. The highest BCUT2D eigenvalue weighted by Gasteiger charge is 2.33. The van der Waals surface area contributed by atoms with Gasteiger partial charge in [-0.25, -0.2) is 0 Å². The molecule has 2 fully saturated rings. The molecule has 2 saturated heterocycles. The van der Waals surface area contributed by atoms with Crippen LogP contribution in [-0.4, -0.2) is 53.2 Å². The van der Waals surface area contributed by atoms with Gasteiger partial charge in [0.05, 0.1) is 6.42 Å². The van der Waals surface area contributed by atoms with Crippen molar-refractivity contribution >= 4 is 23.3 Å². The second-order valence-electron chi connectivity index (χ2n) is 7.37. The van der Waals surface area contributed by atoms with Crippen LogP contribution in [0.2, 0.25) is 5.02 Å². The van der Waals surface area contributed by atoms with Gasteiger partial charge in [-0.2, -0.15) is 0 Å². The largest absolute Gasteiger partial charge is 0.385 e. The Bertz CT molecular complexity index is 661. The predicted octanol–water partition coefficient (Wildman–Crippen LogP) is 2.89. The van der Waals surface area contributed by atoms with Crippen molar-refractivity contribution in [3.8, 4) is 0 Å². The molecule has 3 aliphatic rings. The number of hydrogen-bond acceptors (Lipinski definition) is 5. The van der Waals surface area contributed by atoms with Crippen molar-refractivity contribution in [3.63, 3.8) is 0 Å². The minimum absolute atomic E-state index is 0.639. The number of rotatable bonds is 3. The fourth-order valence-corrected chi connectivity index (χ4v) is 4.56. The van der Waals surface area contributed by atoms with E-state index in [1.165, 1.54) is 37.8 Å². The summed E-state index contributed by atoms with van der Waals surface area (Å²) < 4.78 is 0. The number of likely N-dealkylation sites (tertiary alicyclic amines) is 2. The van der Waals surface area contributed by atoms with E-state index < -0.39 is 0 Å². The summed E-state index contributed by atoms with van der Waals surface area (Å²) in [6, 6.07) is 9.71. The van der Waals surface area contributed by atoms with Crippen LogP contribution >= 0.6 is 11.6 Å². The predicted molar refractivity (Wildman–Crippen MR) is 103 cm³/mol. The standard InChI is InChI=1S/C19H26ClN5/c20-15-5-3-14(4-6-15)12-17-2-1-9-25(17)16-7-10-24(11-8-16)19-13-18(21)22-23-19/h3-6,16-17H,1-2,7-13H2,(H2,21,22)/t17-/m1/s1. The first kappa shape index (κ1) is 16.9. The second-order valence-corrected chi connectivity index (χ2v) is 7.80. The molecule has 6 heteroatoms. The van der Waals surface area contributed by atoms with Gasteiger partial charge in [-0.1, -0.05) is 23.7 Å². The van der Waals surface area contributed by atoms with Gasteiger partial charge in [-0.3, -0.25) is 4.90 Å². The van der Waals surface area contributed by atoms with Crippen LogP contribution in [-0.2, 0) is 6.42 Å². The maximum Gasteiger partial charge on any atom is 0.135 e. The van der Waals surface area contributed by atoms with Crippen LogP contribution in [0.15, 0.2) is 34.5 Å². The van der Waals surface area contributed by atoms with E-state index >= 15 is 0 Å². The third kappa shape index (κ3) is 3.82. The molecule has 0 radical (unpaired) electrons. The van der Waals surface area contributed by atoms with Crippen LogP contribution < -0.4 is 5.73 Å². The molecule has 1 atom stereocenters. The summed E-state index contributed by atoms with van der Waals surface area (Å²) in [5, 5.41) is 9.02. The van der Waals surface area contributed by atoms with Crippen molar-refractivity contribution in [1.29, 1.82) is 0 Å². The Hall–Kier alpha value is -1.59. The molecule has 0 spiro atoms. The SMILES string of the molecule is NC1=NN=C(N2CCC(N3CCC[C@@H]3Cc3ccc(Cl)cc3)CC2)C1. The normalized spacial score (nSPS) is 25.3. The number of hydrogen-bond donors (Lipinski definition) is 1. The molecule has 25 heavy (non-hydrogen) atoms. The lowest BCUT2D eigenvalue weighted by Crippen LogP contribution is -2.48.